The Morgan fingerprint density at radius 1 is 1.07 bits per heavy atom. The van der Waals surface area contributed by atoms with Crippen LogP contribution in [0.4, 0.5) is 4.79 Å². The second kappa shape index (κ2) is 7.17. The molecule has 0 bridgehead atoms. The molecule has 0 saturated carbocycles. The van der Waals surface area contributed by atoms with Gasteiger partial charge in [-0.1, -0.05) is 42.5 Å². The van der Waals surface area contributed by atoms with E-state index in [1.54, 1.807) is 6.92 Å². The number of imide groups is 1. The largest absolute Gasteiger partial charge is 0.336 e. The molecule has 0 aromatic heterocycles. The van der Waals surface area contributed by atoms with Crippen LogP contribution in [0.15, 0.2) is 42.5 Å². The summed E-state index contributed by atoms with van der Waals surface area (Å²) in [5, 5.41) is 4.75. The minimum absolute atomic E-state index is 0.122. The average Bonchev–Trinajstić information content (AvgIpc) is 2.91. The molecule has 2 aliphatic rings. The van der Waals surface area contributed by atoms with Crippen LogP contribution < -0.4 is 5.32 Å². The van der Waals surface area contributed by atoms with Crippen molar-refractivity contribution in [2.24, 2.45) is 0 Å². The van der Waals surface area contributed by atoms with Crippen LogP contribution in [0.3, 0.4) is 0 Å². The second-order valence-corrected chi connectivity index (χ2v) is 8.40. The van der Waals surface area contributed by atoms with Gasteiger partial charge in [-0.2, -0.15) is 0 Å². The van der Waals surface area contributed by atoms with Gasteiger partial charge in [0.1, 0.15) is 12.1 Å². The maximum absolute atomic E-state index is 13.3. The van der Waals surface area contributed by atoms with Crippen molar-refractivity contribution in [1.82, 2.24) is 15.1 Å². The molecule has 4 amide bonds. The van der Waals surface area contributed by atoms with Crippen LogP contribution in [0.5, 0.6) is 0 Å². The summed E-state index contributed by atoms with van der Waals surface area (Å²) < 4.78 is 0. The topological polar surface area (TPSA) is 69.7 Å². The van der Waals surface area contributed by atoms with Crippen LogP contribution >= 0.6 is 0 Å². The third-order valence-corrected chi connectivity index (χ3v) is 6.38. The highest BCUT2D eigenvalue weighted by atomic mass is 16.2. The number of nitrogens with zero attached hydrogens (tertiary/aromatic N) is 2. The molecule has 2 aromatic rings. The number of hydrogen-bond acceptors (Lipinski definition) is 3. The first-order valence-electron chi connectivity index (χ1n) is 10.3. The zero-order valence-corrected chi connectivity index (χ0v) is 17.1. The third-order valence-electron chi connectivity index (χ3n) is 6.38. The summed E-state index contributed by atoms with van der Waals surface area (Å²) in [7, 11) is 0. The Morgan fingerprint density at radius 2 is 1.72 bits per heavy atom. The molecule has 3 atom stereocenters. The number of rotatable bonds is 3. The van der Waals surface area contributed by atoms with Crippen LogP contribution in [0, 0.1) is 0 Å². The molecule has 0 unspecified atom stereocenters. The molecule has 2 aromatic carbocycles. The molecule has 6 nitrogen and oxygen atoms in total. The number of nitrogens with one attached hydrogen (secondary N) is 1. The fourth-order valence-corrected chi connectivity index (χ4v) is 4.81. The summed E-state index contributed by atoms with van der Waals surface area (Å²) in [6.45, 7) is 5.55. The first-order chi connectivity index (χ1) is 13.8. The number of carbonyl (C=O) groups is 3. The fourth-order valence-electron chi connectivity index (χ4n) is 4.81. The lowest BCUT2D eigenvalue weighted by Crippen LogP contribution is -2.52. The van der Waals surface area contributed by atoms with Crippen molar-refractivity contribution in [3.63, 3.8) is 0 Å². The van der Waals surface area contributed by atoms with Gasteiger partial charge in [-0.05, 0) is 56.4 Å². The number of benzene rings is 2. The number of piperidine rings is 1. The lowest BCUT2D eigenvalue weighted by Gasteiger charge is -2.39. The molecule has 0 aliphatic carbocycles. The number of carbonyl (C=O) groups excluding carboxylic acids is 3. The zero-order chi connectivity index (χ0) is 20.8. The van der Waals surface area contributed by atoms with E-state index in [1.165, 1.54) is 0 Å². The summed E-state index contributed by atoms with van der Waals surface area (Å²) in [5.41, 5.74) is -0.458. The van der Waals surface area contributed by atoms with E-state index in [9.17, 15) is 14.4 Å². The molecule has 29 heavy (non-hydrogen) atoms. The second-order valence-electron chi connectivity index (χ2n) is 8.40. The molecule has 2 fully saturated rings. The number of fused-ring (bicyclic) bond motifs is 1. The van der Waals surface area contributed by atoms with E-state index in [4.69, 9.17) is 0 Å². The highest BCUT2D eigenvalue weighted by Gasteiger charge is 2.50. The third kappa shape index (κ3) is 3.16. The minimum Gasteiger partial charge on any atom is -0.336 e. The van der Waals surface area contributed by atoms with Gasteiger partial charge in [-0.15, -0.1) is 0 Å². The van der Waals surface area contributed by atoms with Gasteiger partial charge in [-0.25, -0.2) is 4.79 Å². The molecule has 2 heterocycles. The number of urea groups is 1. The van der Waals surface area contributed by atoms with Crippen LogP contribution in [-0.2, 0) is 15.1 Å². The Kier molecular flexibility index (Phi) is 4.81. The summed E-state index contributed by atoms with van der Waals surface area (Å²) in [4.78, 5) is 41.9. The van der Waals surface area contributed by atoms with Gasteiger partial charge in [0.2, 0.25) is 5.91 Å². The molecule has 0 radical (unpaired) electrons. The van der Waals surface area contributed by atoms with Gasteiger partial charge >= 0.3 is 6.03 Å². The molecule has 6 heteroatoms. The molecule has 4 rings (SSSR count). The minimum atomic E-state index is -1.20. The fraction of sp³-hybridized carbons (Fsp3) is 0.435. The number of likely N-dealkylation sites (tertiary alicyclic amines) is 1. The summed E-state index contributed by atoms with van der Waals surface area (Å²) in [6.07, 6.45) is 2.99. The van der Waals surface area contributed by atoms with Crippen molar-refractivity contribution in [2.75, 3.05) is 6.54 Å². The number of amides is 4. The maximum atomic E-state index is 13.3. The highest BCUT2D eigenvalue weighted by molar-refractivity contribution is 6.10. The lowest BCUT2D eigenvalue weighted by atomic mass is 9.88. The first-order valence-corrected chi connectivity index (χ1v) is 10.3. The van der Waals surface area contributed by atoms with E-state index < -0.39 is 11.6 Å². The standard InChI is InChI=1S/C23H27N3O3/c1-15-8-6-9-16(2)26(15)20(27)14-25-21(28)23(3,24-22(25)29)19-13-7-11-17-10-4-5-12-18(17)19/h4-5,7,10-13,15-16H,6,8-9,14H2,1-3H3,(H,24,29)/t15-,16-,23+/m1/s1. The Hall–Kier alpha value is -2.89. The van der Waals surface area contributed by atoms with Crippen LogP contribution in [-0.4, -0.2) is 46.3 Å². The zero-order valence-electron chi connectivity index (χ0n) is 17.1. The summed E-state index contributed by atoms with van der Waals surface area (Å²) in [5.74, 6) is -0.556. The van der Waals surface area contributed by atoms with Crippen molar-refractivity contribution in [3.05, 3.63) is 48.0 Å². The van der Waals surface area contributed by atoms with Crippen molar-refractivity contribution in [2.45, 2.75) is 57.7 Å². The van der Waals surface area contributed by atoms with E-state index in [2.05, 4.69) is 5.32 Å². The van der Waals surface area contributed by atoms with Gasteiger partial charge in [0.15, 0.2) is 0 Å². The predicted octanol–water partition coefficient (Wildman–Crippen LogP) is 3.40. The van der Waals surface area contributed by atoms with Crippen molar-refractivity contribution < 1.29 is 14.4 Å². The molecule has 2 aliphatic heterocycles. The Morgan fingerprint density at radius 3 is 2.45 bits per heavy atom. The van der Waals surface area contributed by atoms with Gasteiger partial charge in [0.25, 0.3) is 5.91 Å². The van der Waals surface area contributed by atoms with Gasteiger partial charge in [0.05, 0.1) is 0 Å². The Balaban J connectivity index is 1.62. The maximum Gasteiger partial charge on any atom is 0.325 e. The van der Waals surface area contributed by atoms with Crippen molar-refractivity contribution >= 4 is 28.6 Å². The van der Waals surface area contributed by atoms with Gasteiger partial charge in [0, 0.05) is 12.1 Å². The quantitative estimate of drug-likeness (QED) is 0.813. The molecule has 2 saturated heterocycles. The molecule has 0 spiro atoms. The first kappa shape index (κ1) is 19.4. The smallest absolute Gasteiger partial charge is 0.325 e. The van der Waals surface area contributed by atoms with E-state index in [0.717, 1.165) is 40.5 Å². The summed E-state index contributed by atoms with van der Waals surface area (Å²) in [6, 6.07) is 13.2. The van der Waals surface area contributed by atoms with Crippen LogP contribution in [0.25, 0.3) is 10.8 Å². The number of hydrogen-bond donors (Lipinski definition) is 1. The Bertz CT molecular complexity index is 973. The lowest BCUT2D eigenvalue weighted by molar-refractivity contribution is -0.142. The van der Waals surface area contributed by atoms with Crippen LogP contribution in [0.2, 0.25) is 0 Å². The summed E-state index contributed by atoms with van der Waals surface area (Å²) >= 11 is 0. The highest BCUT2D eigenvalue weighted by Crippen LogP contribution is 2.34. The van der Waals surface area contributed by atoms with E-state index >= 15 is 0 Å². The molecular formula is C23H27N3O3. The van der Waals surface area contributed by atoms with E-state index in [1.807, 2.05) is 61.2 Å². The monoisotopic (exact) mass is 393 g/mol. The van der Waals surface area contributed by atoms with Gasteiger partial charge in [-0.3, -0.25) is 14.5 Å². The van der Waals surface area contributed by atoms with Crippen molar-refractivity contribution in [3.8, 4) is 0 Å². The van der Waals surface area contributed by atoms with E-state index in [-0.39, 0.29) is 30.4 Å². The van der Waals surface area contributed by atoms with Gasteiger partial charge < -0.3 is 10.2 Å². The van der Waals surface area contributed by atoms with Crippen molar-refractivity contribution in [1.29, 1.82) is 0 Å². The average molecular weight is 393 g/mol. The molecule has 152 valence electrons. The predicted molar refractivity (Wildman–Crippen MR) is 111 cm³/mol. The van der Waals surface area contributed by atoms with Crippen LogP contribution in [0.1, 0.15) is 45.6 Å². The molecule has 1 N–H and O–H groups in total. The SMILES string of the molecule is C[C@@H]1CCC[C@@H](C)N1C(=O)CN1C(=O)N[C@@](C)(c2cccc3ccccc23)C1=O. The molecular weight excluding hydrogens is 366 g/mol. The Labute approximate surface area is 170 Å². The normalized spacial score (nSPS) is 27.4. The van der Waals surface area contributed by atoms with E-state index in [0.29, 0.717) is 0 Å².